The molecule has 0 aliphatic carbocycles. The Morgan fingerprint density at radius 3 is 3.00 bits per heavy atom. The van der Waals surface area contributed by atoms with E-state index < -0.39 is 6.61 Å². The predicted molar refractivity (Wildman–Crippen MR) is 66.3 cm³/mol. The molecule has 1 fully saturated rings. The summed E-state index contributed by atoms with van der Waals surface area (Å²) in [7, 11) is 0. The van der Waals surface area contributed by atoms with Gasteiger partial charge in [0.2, 0.25) is 0 Å². The molecule has 0 saturated carbocycles. The highest BCUT2D eigenvalue weighted by Crippen LogP contribution is 2.41. The first-order chi connectivity index (χ1) is 9.15. The Bertz CT molecular complexity index is 467. The van der Waals surface area contributed by atoms with Gasteiger partial charge in [0.05, 0.1) is 18.2 Å². The topological polar surface area (TPSA) is 30.5 Å². The normalized spacial score (nSPS) is 29.8. The zero-order valence-electron chi connectivity index (χ0n) is 10.7. The van der Waals surface area contributed by atoms with Gasteiger partial charge in [0, 0.05) is 0 Å². The number of hydrogen-bond donors (Lipinski definition) is 1. The lowest BCUT2D eigenvalue weighted by Gasteiger charge is -2.40. The Hall–Kier alpha value is -1.20. The molecule has 0 aromatic heterocycles. The summed E-state index contributed by atoms with van der Waals surface area (Å²) in [5, 5.41) is 3.44. The first kappa shape index (κ1) is 12.8. The van der Waals surface area contributed by atoms with Crippen LogP contribution in [-0.4, -0.2) is 19.3 Å². The molecule has 19 heavy (non-hydrogen) atoms. The van der Waals surface area contributed by atoms with Gasteiger partial charge in [-0.2, -0.15) is 8.78 Å². The van der Waals surface area contributed by atoms with Gasteiger partial charge in [0.15, 0.2) is 0 Å². The number of piperidine rings is 1. The van der Waals surface area contributed by atoms with E-state index in [-0.39, 0.29) is 24.0 Å². The van der Waals surface area contributed by atoms with Crippen LogP contribution in [0.2, 0.25) is 0 Å². The molecule has 2 aliphatic heterocycles. The summed E-state index contributed by atoms with van der Waals surface area (Å²) in [5.41, 5.74) is 2.08. The van der Waals surface area contributed by atoms with Gasteiger partial charge in [0.1, 0.15) is 5.75 Å². The quantitative estimate of drug-likeness (QED) is 0.894. The van der Waals surface area contributed by atoms with Crippen molar-refractivity contribution in [1.82, 2.24) is 5.32 Å². The minimum Gasteiger partial charge on any atom is -0.435 e. The highest BCUT2D eigenvalue weighted by Gasteiger charge is 2.35. The summed E-state index contributed by atoms with van der Waals surface area (Å²) in [4.78, 5) is 0. The number of nitrogens with one attached hydrogen (secondary N) is 1. The van der Waals surface area contributed by atoms with E-state index in [0.29, 0.717) is 0 Å². The average molecular weight is 269 g/mol. The molecule has 3 atom stereocenters. The van der Waals surface area contributed by atoms with Crippen molar-refractivity contribution >= 4 is 0 Å². The van der Waals surface area contributed by atoms with Crippen LogP contribution in [-0.2, 0) is 4.74 Å². The van der Waals surface area contributed by atoms with Gasteiger partial charge in [-0.05, 0) is 49.6 Å². The molecule has 3 unspecified atom stereocenters. The maximum Gasteiger partial charge on any atom is 0.387 e. The fraction of sp³-hybridized carbons (Fsp3) is 0.571. The van der Waals surface area contributed by atoms with E-state index in [0.717, 1.165) is 30.5 Å². The monoisotopic (exact) mass is 269 g/mol. The van der Waals surface area contributed by atoms with E-state index in [4.69, 9.17) is 4.74 Å². The van der Waals surface area contributed by atoms with Gasteiger partial charge in [-0.25, -0.2) is 0 Å². The molecule has 0 spiro atoms. The molecule has 2 aliphatic rings. The van der Waals surface area contributed by atoms with Crippen LogP contribution in [0.4, 0.5) is 8.78 Å². The number of fused-ring (bicyclic) bond motifs is 3. The zero-order chi connectivity index (χ0) is 13.4. The molecule has 2 heterocycles. The third-order valence-electron chi connectivity index (χ3n) is 3.84. The Balaban J connectivity index is 1.93. The van der Waals surface area contributed by atoms with Crippen LogP contribution >= 0.6 is 0 Å². The first-order valence-corrected chi connectivity index (χ1v) is 6.62. The van der Waals surface area contributed by atoms with Gasteiger partial charge < -0.3 is 14.8 Å². The summed E-state index contributed by atoms with van der Waals surface area (Å²) in [6.45, 7) is 0.127. The lowest BCUT2D eigenvalue weighted by molar-refractivity contribution is -0.0573. The number of alkyl halides is 2. The van der Waals surface area contributed by atoms with E-state index in [1.54, 1.807) is 12.1 Å². The van der Waals surface area contributed by atoms with Crippen LogP contribution in [0, 0.1) is 0 Å². The minimum atomic E-state index is -2.79. The van der Waals surface area contributed by atoms with Crippen LogP contribution in [0.25, 0.3) is 0 Å². The van der Waals surface area contributed by atoms with Gasteiger partial charge in [-0.15, -0.1) is 0 Å². The molecule has 1 saturated heterocycles. The second-order valence-electron chi connectivity index (χ2n) is 5.06. The van der Waals surface area contributed by atoms with Crippen molar-refractivity contribution in [2.75, 3.05) is 6.54 Å². The summed E-state index contributed by atoms with van der Waals surface area (Å²) < 4.78 is 34.9. The maximum absolute atomic E-state index is 12.3. The van der Waals surface area contributed by atoms with Gasteiger partial charge in [-0.1, -0.05) is 6.07 Å². The van der Waals surface area contributed by atoms with Gasteiger partial charge in [-0.3, -0.25) is 0 Å². The van der Waals surface area contributed by atoms with Crippen molar-refractivity contribution in [3.05, 3.63) is 29.3 Å². The molecule has 104 valence electrons. The second-order valence-corrected chi connectivity index (χ2v) is 5.06. The van der Waals surface area contributed by atoms with Crippen molar-refractivity contribution in [3.63, 3.8) is 0 Å². The Kier molecular flexibility index (Phi) is 3.41. The van der Waals surface area contributed by atoms with Crippen LogP contribution in [0.3, 0.4) is 0 Å². The number of ether oxygens (including phenoxy) is 2. The lowest BCUT2D eigenvalue weighted by Crippen LogP contribution is -2.43. The molecule has 5 heteroatoms. The standard InChI is InChI=1S/C14H17F2NO2/c1-8-11-7-9(19-14(15)16)4-5-10(11)13-12(18-8)3-2-6-17-13/h4-5,7-8,12-14,17H,2-3,6H2,1H3. The van der Waals surface area contributed by atoms with Gasteiger partial charge >= 0.3 is 6.61 Å². The number of hydrogen-bond acceptors (Lipinski definition) is 3. The van der Waals surface area contributed by atoms with Crippen molar-refractivity contribution < 1.29 is 18.3 Å². The lowest BCUT2D eigenvalue weighted by atomic mass is 9.86. The molecule has 3 rings (SSSR count). The van der Waals surface area contributed by atoms with E-state index in [1.165, 1.54) is 0 Å². The molecule has 0 radical (unpaired) electrons. The number of benzene rings is 1. The Labute approximate surface area is 110 Å². The minimum absolute atomic E-state index is 0.0858. The van der Waals surface area contributed by atoms with E-state index in [9.17, 15) is 8.78 Å². The third-order valence-corrected chi connectivity index (χ3v) is 3.84. The SMILES string of the molecule is CC1OC2CCCNC2c2ccc(OC(F)F)cc21. The largest absolute Gasteiger partial charge is 0.435 e. The molecule has 0 amide bonds. The predicted octanol–water partition coefficient (Wildman–Crippen LogP) is 3.17. The maximum atomic E-state index is 12.3. The fourth-order valence-corrected chi connectivity index (χ4v) is 3.02. The molecule has 1 aromatic rings. The molecule has 3 nitrogen and oxygen atoms in total. The fourth-order valence-electron chi connectivity index (χ4n) is 3.02. The van der Waals surface area contributed by atoms with Crippen LogP contribution in [0.15, 0.2) is 18.2 Å². The van der Waals surface area contributed by atoms with Crippen LogP contribution in [0.5, 0.6) is 5.75 Å². The molecule has 1 aromatic carbocycles. The Morgan fingerprint density at radius 1 is 1.37 bits per heavy atom. The smallest absolute Gasteiger partial charge is 0.387 e. The number of halogens is 2. The first-order valence-electron chi connectivity index (χ1n) is 6.62. The van der Waals surface area contributed by atoms with Crippen molar-refractivity contribution in [1.29, 1.82) is 0 Å². The van der Waals surface area contributed by atoms with Crippen LogP contribution < -0.4 is 10.1 Å². The highest BCUT2D eigenvalue weighted by molar-refractivity contribution is 5.41. The van der Waals surface area contributed by atoms with Crippen molar-refractivity contribution in [3.8, 4) is 5.75 Å². The second kappa shape index (κ2) is 5.06. The molecular weight excluding hydrogens is 252 g/mol. The van der Waals surface area contributed by atoms with Crippen molar-refractivity contribution in [2.45, 2.75) is 44.6 Å². The molecular formula is C14H17F2NO2. The summed E-state index contributed by atoms with van der Waals surface area (Å²) in [6.07, 6.45) is 2.24. The number of rotatable bonds is 2. The van der Waals surface area contributed by atoms with E-state index in [2.05, 4.69) is 10.1 Å². The van der Waals surface area contributed by atoms with Crippen molar-refractivity contribution in [2.24, 2.45) is 0 Å². The summed E-state index contributed by atoms with van der Waals surface area (Å²) >= 11 is 0. The average Bonchev–Trinajstić information content (AvgIpc) is 2.38. The Morgan fingerprint density at radius 2 is 2.21 bits per heavy atom. The highest BCUT2D eigenvalue weighted by atomic mass is 19.3. The van der Waals surface area contributed by atoms with E-state index in [1.807, 2.05) is 13.0 Å². The van der Waals surface area contributed by atoms with Gasteiger partial charge in [0.25, 0.3) is 0 Å². The molecule has 0 bridgehead atoms. The van der Waals surface area contributed by atoms with Crippen LogP contribution in [0.1, 0.15) is 43.0 Å². The molecule has 1 N–H and O–H groups in total. The zero-order valence-corrected chi connectivity index (χ0v) is 10.7. The summed E-state index contributed by atoms with van der Waals surface area (Å²) in [6, 6.07) is 5.32. The third kappa shape index (κ3) is 2.44. The summed E-state index contributed by atoms with van der Waals surface area (Å²) in [5.74, 6) is 0.193. The van der Waals surface area contributed by atoms with E-state index >= 15 is 0 Å².